The van der Waals surface area contributed by atoms with Crippen LogP contribution in [0.3, 0.4) is 0 Å². The number of hydrogen-bond acceptors (Lipinski definition) is 7. The molecule has 0 radical (unpaired) electrons. The molecular weight excluding hydrogens is 648 g/mol. The van der Waals surface area contributed by atoms with Gasteiger partial charge in [0.25, 0.3) is 0 Å². The van der Waals surface area contributed by atoms with Crippen LogP contribution in [0.25, 0.3) is 11.0 Å². The summed E-state index contributed by atoms with van der Waals surface area (Å²) in [7, 11) is 0. The Hall–Kier alpha value is -4.23. The number of anilines is 2. The highest BCUT2D eigenvalue weighted by Gasteiger charge is 2.37. The van der Waals surface area contributed by atoms with Crippen molar-refractivity contribution < 1.29 is 31.1 Å². The van der Waals surface area contributed by atoms with Crippen molar-refractivity contribution in [3.05, 3.63) is 70.2 Å². The Morgan fingerprint density at radius 3 is 1.86 bits per heavy atom. The molecule has 2 fully saturated rings. The lowest BCUT2D eigenvalue weighted by molar-refractivity contribution is -0.143. The Labute approximate surface area is 280 Å². The zero-order chi connectivity index (χ0) is 35.5. The number of Topliss-reactive ketones (excluding diaryl/α,β-unsaturated/α-hetero) is 1. The summed E-state index contributed by atoms with van der Waals surface area (Å²) < 4.78 is 84.9. The first-order chi connectivity index (χ1) is 22.9. The molecule has 8 nitrogen and oxygen atoms in total. The molecule has 0 aliphatic heterocycles. The summed E-state index contributed by atoms with van der Waals surface area (Å²) in [6.07, 6.45) is -2.96. The van der Waals surface area contributed by atoms with Crippen LogP contribution in [0.5, 0.6) is 0 Å². The van der Waals surface area contributed by atoms with Gasteiger partial charge in [-0.3, -0.25) is 4.79 Å². The van der Waals surface area contributed by atoms with E-state index in [0.717, 1.165) is 62.0 Å². The Bertz CT molecular complexity index is 1810. The van der Waals surface area contributed by atoms with Crippen LogP contribution in [0.4, 0.5) is 38.1 Å². The van der Waals surface area contributed by atoms with E-state index in [0.29, 0.717) is 28.9 Å². The Balaban J connectivity index is 1.50. The van der Waals surface area contributed by atoms with Gasteiger partial charge in [0.2, 0.25) is 5.95 Å². The maximum absolute atomic E-state index is 13.8. The summed E-state index contributed by atoms with van der Waals surface area (Å²) in [6, 6.07) is 3.53. The summed E-state index contributed by atoms with van der Waals surface area (Å²) in [4.78, 5) is 29.7. The first kappa shape index (κ1) is 34.6. The summed E-state index contributed by atoms with van der Waals surface area (Å²) in [5.74, 6) is 1.48. The number of benzene rings is 1. The van der Waals surface area contributed by atoms with Gasteiger partial charge < -0.3 is 9.80 Å². The van der Waals surface area contributed by atoms with Crippen molar-refractivity contribution in [2.75, 3.05) is 22.9 Å². The topological polar surface area (TPSA) is 80.0 Å². The molecule has 262 valence electrons. The van der Waals surface area contributed by atoms with Gasteiger partial charge in [0, 0.05) is 49.5 Å². The molecule has 0 N–H and O–H groups in total. The van der Waals surface area contributed by atoms with E-state index >= 15 is 0 Å². The van der Waals surface area contributed by atoms with E-state index in [2.05, 4.69) is 14.9 Å². The van der Waals surface area contributed by atoms with E-state index in [1.165, 1.54) is 24.2 Å². The van der Waals surface area contributed by atoms with Gasteiger partial charge in [0.05, 0.1) is 27.9 Å². The molecule has 0 amide bonds. The number of ketones is 1. The quantitative estimate of drug-likeness (QED) is 0.116. The summed E-state index contributed by atoms with van der Waals surface area (Å²) in [6.45, 7) is 10.5. The average Bonchev–Trinajstić information content (AvgIpc) is 3.95. The van der Waals surface area contributed by atoms with Crippen LogP contribution in [0.2, 0.25) is 0 Å². The normalized spacial score (nSPS) is 15.6. The van der Waals surface area contributed by atoms with Gasteiger partial charge >= 0.3 is 12.4 Å². The molecule has 0 saturated heterocycles. The van der Waals surface area contributed by atoms with E-state index in [9.17, 15) is 31.1 Å². The van der Waals surface area contributed by atoms with Crippen molar-refractivity contribution in [3.63, 3.8) is 0 Å². The molecule has 14 heteroatoms. The minimum absolute atomic E-state index is 0.0151. The number of carbonyl (C=O) groups is 1. The number of fused-ring (bicyclic) bond motifs is 1. The number of pyridine rings is 1. The number of aromatic nitrogens is 5. The van der Waals surface area contributed by atoms with Gasteiger partial charge in [-0.05, 0) is 102 Å². The van der Waals surface area contributed by atoms with E-state index in [1.807, 2.05) is 38.4 Å². The second kappa shape index (κ2) is 12.6. The fourth-order valence-electron chi connectivity index (χ4n) is 5.94. The van der Waals surface area contributed by atoms with Crippen LogP contribution in [0.1, 0.15) is 91.7 Å². The number of hydrogen-bond donors (Lipinski definition) is 0. The van der Waals surface area contributed by atoms with Crippen LogP contribution in [0.15, 0.2) is 36.7 Å². The lowest BCUT2D eigenvalue weighted by Gasteiger charge is -2.30. The SMILES string of the molecule is CC(=O)c1cnc(N(Cc2cc(C(F)(F)F)cc(C(F)(F)F)c2)Cc2cc3c(C)nn(C(C)(C)C)c3nc2N(CC2CC2)CC2CC2)nc1. The predicted molar refractivity (Wildman–Crippen MR) is 173 cm³/mol. The average molecular weight is 688 g/mol. The molecule has 2 saturated carbocycles. The van der Waals surface area contributed by atoms with Gasteiger partial charge in [0.1, 0.15) is 5.82 Å². The third kappa shape index (κ3) is 7.99. The minimum Gasteiger partial charge on any atom is -0.356 e. The van der Waals surface area contributed by atoms with Crippen molar-refractivity contribution in [2.45, 2.75) is 91.3 Å². The van der Waals surface area contributed by atoms with E-state index < -0.39 is 23.5 Å². The van der Waals surface area contributed by atoms with Crippen LogP contribution in [-0.2, 0) is 31.0 Å². The molecule has 0 atom stereocenters. The fourth-order valence-corrected chi connectivity index (χ4v) is 5.94. The Kier molecular flexibility index (Phi) is 8.89. The number of aryl methyl sites for hydroxylation is 1. The summed E-state index contributed by atoms with van der Waals surface area (Å²) in [5, 5.41) is 5.59. The van der Waals surface area contributed by atoms with Crippen LogP contribution in [-0.4, -0.2) is 43.6 Å². The predicted octanol–water partition coefficient (Wildman–Crippen LogP) is 8.36. The highest BCUT2D eigenvalue weighted by molar-refractivity contribution is 5.93. The number of halogens is 6. The van der Waals surface area contributed by atoms with Gasteiger partial charge in [0.15, 0.2) is 11.4 Å². The molecule has 0 unspecified atom stereocenters. The van der Waals surface area contributed by atoms with E-state index in [4.69, 9.17) is 10.1 Å². The zero-order valence-electron chi connectivity index (χ0n) is 28.1. The highest BCUT2D eigenvalue weighted by Crippen LogP contribution is 2.40. The minimum atomic E-state index is -5.00. The summed E-state index contributed by atoms with van der Waals surface area (Å²) in [5.41, 5.74) is -1.04. The first-order valence-corrected chi connectivity index (χ1v) is 16.4. The van der Waals surface area contributed by atoms with Crippen molar-refractivity contribution in [1.82, 2.24) is 24.7 Å². The Morgan fingerprint density at radius 1 is 0.837 bits per heavy atom. The standard InChI is InChI=1S/C35H39F6N7O/c1-20-29-12-25(30(44-31(29)48(45-20)33(3,4)5)46(16-22-6-7-22)17-23-8-9-23)19-47(32-42-14-26(15-43-32)21(2)49)18-24-10-27(34(36,37)38)13-28(11-24)35(39,40)41/h10-15,22-23H,6-9,16-19H2,1-5H3. The molecule has 4 aromatic rings. The van der Waals surface area contributed by atoms with Crippen LogP contribution >= 0.6 is 0 Å². The molecular formula is C35H39F6N7O. The molecule has 1 aromatic carbocycles. The van der Waals surface area contributed by atoms with Gasteiger partial charge in [-0.25, -0.2) is 19.6 Å². The molecule has 2 aliphatic carbocycles. The molecule has 3 aromatic heterocycles. The molecule has 2 aliphatic rings. The van der Waals surface area contributed by atoms with Gasteiger partial charge in [-0.2, -0.15) is 31.4 Å². The number of nitrogens with zero attached hydrogens (tertiary/aromatic N) is 7. The van der Waals surface area contributed by atoms with Gasteiger partial charge in [-0.1, -0.05) is 0 Å². The van der Waals surface area contributed by atoms with Crippen LogP contribution in [0, 0.1) is 18.8 Å². The second-order valence-electron chi connectivity index (χ2n) is 14.4. The van der Waals surface area contributed by atoms with Gasteiger partial charge in [-0.15, -0.1) is 0 Å². The Morgan fingerprint density at radius 2 is 1.39 bits per heavy atom. The molecule has 0 spiro atoms. The molecule has 3 heterocycles. The highest BCUT2D eigenvalue weighted by atomic mass is 19.4. The van der Waals surface area contributed by atoms with Crippen molar-refractivity contribution in [2.24, 2.45) is 11.8 Å². The second-order valence-corrected chi connectivity index (χ2v) is 14.4. The molecule has 49 heavy (non-hydrogen) atoms. The fraction of sp³-hybridized carbons (Fsp3) is 0.514. The first-order valence-electron chi connectivity index (χ1n) is 16.4. The monoisotopic (exact) mass is 687 g/mol. The molecule has 6 rings (SSSR count). The van der Waals surface area contributed by atoms with E-state index in [1.54, 1.807) is 0 Å². The lowest BCUT2D eigenvalue weighted by atomic mass is 10.0. The number of carbonyl (C=O) groups excluding carboxylic acids is 1. The third-order valence-electron chi connectivity index (χ3n) is 8.89. The van der Waals surface area contributed by atoms with Crippen molar-refractivity contribution in [3.8, 4) is 0 Å². The van der Waals surface area contributed by atoms with Crippen LogP contribution < -0.4 is 9.80 Å². The number of rotatable bonds is 11. The maximum atomic E-state index is 13.8. The largest absolute Gasteiger partial charge is 0.416 e. The summed E-state index contributed by atoms with van der Waals surface area (Å²) >= 11 is 0. The van der Waals surface area contributed by atoms with E-state index in [-0.39, 0.29) is 47.6 Å². The lowest BCUT2D eigenvalue weighted by Crippen LogP contribution is -2.32. The van der Waals surface area contributed by atoms with Crippen molar-refractivity contribution >= 4 is 28.6 Å². The smallest absolute Gasteiger partial charge is 0.356 e. The third-order valence-corrected chi connectivity index (χ3v) is 8.89. The number of alkyl halides is 6. The molecule has 0 bridgehead atoms. The van der Waals surface area contributed by atoms with Crippen molar-refractivity contribution in [1.29, 1.82) is 0 Å². The zero-order valence-corrected chi connectivity index (χ0v) is 28.1. The maximum Gasteiger partial charge on any atom is 0.416 e.